The summed E-state index contributed by atoms with van der Waals surface area (Å²) < 4.78 is 58.3. The quantitative estimate of drug-likeness (QED) is 0.759. The van der Waals surface area contributed by atoms with E-state index in [0.717, 1.165) is 12.8 Å². The zero-order valence-electron chi connectivity index (χ0n) is 6.76. The molecule has 0 aliphatic heterocycles. The summed E-state index contributed by atoms with van der Waals surface area (Å²) in [5, 5.41) is 0. The average Bonchev–Trinajstić information content (AvgIpc) is 2.35. The number of sulfonamides is 1. The molecule has 1 N–H and O–H groups in total. The first kappa shape index (κ1) is 10.8. The molecule has 0 saturated heterocycles. The molecule has 0 bridgehead atoms. The van der Waals surface area contributed by atoms with Crippen molar-refractivity contribution < 1.29 is 21.6 Å². The van der Waals surface area contributed by atoms with Crippen molar-refractivity contribution in [1.29, 1.82) is 0 Å². The van der Waals surface area contributed by atoms with Crippen LogP contribution in [0.4, 0.5) is 13.2 Å². The lowest BCUT2D eigenvalue weighted by molar-refractivity contribution is -0.0450. The predicted octanol–water partition coefficient (Wildman–Crippen LogP) is 1.37. The van der Waals surface area contributed by atoms with E-state index < -0.39 is 21.6 Å². The summed E-state index contributed by atoms with van der Waals surface area (Å²) in [5.74, 6) is 0. The average molecular weight is 217 g/mol. The van der Waals surface area contributed by atoms with Gasteiger partial charge in [0.2, 0.25) is 0 Å². The third kappa shape index (κ3) is 2.57. The van der Waals surface area contributed by atoms with Gasteiger partial charge in [-0.05, 0) is 12.8 Å². The van der Waals surface area contributed by atoms with Crippen molar-refractivity contribution in [3.05, 3.63) is 0 Å². The van der Waals surface area contributed by atoms with Crippen LogP contribution in [0.15, 0.2) is 0 Å². The maximum absolute atomic E-state index is 11.8. The maximum Gasteiger partial charge on any atom is 0.511 e. The van der Waals surface area contributed by atoms with Gasteiger partial charge >= 0.3 is 15.5 Å². The van der Waals surface area contributed by atoms with E-state index in [-0.39, 0.29) is 0 Å². The largest absolute Gasteiger partial charge is 0.511 e. The van der Waals surface area contributed by atoms with Crippen LogP contribution < -0.4 is 4.72 Å². The second-order valence-electron chi connectivity index (χ2n) is 3.05. The Morgan fingerprint density at radius 3 is 2.00 bits per heavy atom. The first-order valence-corrected chi connectivity index (χ1v) is 5.40. The van der Waals surface area contributed by atoms with E-state index in [4.69, 9.17) is 0 Å². The summed E-state index contributed by atoms with van der Waals surface area (Å²) >= 11 is 0. The van der Waals surface area contributed by atoms with Crippen LogP contribution in [0.1, 0.15) is 25.7 Å². The highest BCUT2D eigenvalue weighted by Gasteiger charge is 2.46. The second kappa shape index (κ2) is 3.45. The molecular weight excluding hydrogens is 207 g/mol. The number of halogens is 3. The number of hydrogen-bond acceptors (Lipinski definition) is 2. The molecule has 0 aromatic carbocycles. The molecule has 78 valence electrons. The molecule has 0 radical (unpaired) electrons. The first-order chi connectivity index (χ1) is 5.83. The molecule has 0 unspecified atom stereocenters. The predicted molar refractivity (Wildman–Crippen MR) is 40.4 cm³/mol. The van der Waals surface area contributed by atoms with Gasteiger partial charge in [0.1, 0.15) is 0 Å². The Morgan fingerprint density at radius 1 is 1.15 bits per heavy atom. The topological polar surface area (TPSA) is 46.2 Å². The van der Waals surface area contributed by atoms with Crippen LogP contribution in [0.3, 0.4) is 0 Å². The summed E-state index contributed by atoms with van der Waals surface area (Å²) in [7, 11) is -5.13. The van der Waals surface area contributed by atoms with E-state index in [1.807, 2.05) is 0 Å². The van der Waals surface area contributed by atoms with E-state index in [0.29, 0.717) is 12.8 Å². The lowest BCUT2D eigenvalue weighted by atomic mass is 10.3. The molecule has 0 aromatic heterocycles. The van der Waals surface area contributed by atoms with Crippen molar-refractivity contribution in [3.8, 4) is 0 Å². The zero-order valence-corrected chi connectivity index (χ0v) is 7.58. The molecule has 0 amide bonds. The molecule has 0 atom stereocenters. The molecule has 1 saturated carbocycles. The van der Waals surface area contributed by atoms with Crippen LogP contribution in [0.2, 0.25) is 0 Å². The molecule has 0 spiro atoms. The van der Waals surface area contributed by atoms with Gasteiger partial charge in [0.05, 0.1) is 0 Å². The molecule has 13 heavy (non-hydrogen) atoms. The molecule has 7 heteroatoms. The number of rotatable bonds is 2. The fourth-order valence-corrected chi connectivity index (χ4v) is 2.14. The third-order valence-corrected chi connectivity index (χ3v) is 3.23. The van der Waals surface area contributed by atoms with Crippen LogP contribution in [0, 0.1) is 0 Å². The van der Waals surface area contributed by atoms with Gasteiger partial charge in [-0.15, -0.1) is 0 Å². The van der Waals surface area contributed by atoms with Gasteiger partial charge in [0, 0.05) is 6.04 Å². The lowest BCUT2D eigenvalue weighted by Gasteiger charge is -2.13. The SMILES string of the molecule is O=S(=O)(NC1CCCC1)C(F)(F)F. The van der Waals surface area contributed by atoms with Crippen molar-refractivity contribution in [1.82, 2.24) is 4.72 Å². The Kier molecular flexibility index (Phi) is 2.86. The van der Waals surface area contributed by atoms with Gasteiger partial charge in [0.25, 0.3) is 0 Å². The minimum absolute atomic E-state index is 0.495. The van der Waals surface area contributed by atoms with Gasteiger partial charge in [0.15, 0.2) is 0 Å². The van der Waals surface area contributed by atoms with E-state index in [2.05, 4.69) is 0 Å². The normalized spacial score (nSPS) is 20.8. The summed E-state index contributed by atoms with van der Waals surface area (Å²) in [6.07, 6.45) is 2.56. The van der Waals surface area contributed by atoms with E-state index in [1.54, 1.807) is 4.72 Å². The molecule has 1 aliphatic carbocycles. The van der Waals surface area contributed by atoms with E-state index in [9.17, 15) is 21.6 Å². The number of alkyl halides is 3. The number of hydrogen-bond donors (Lipinski definition) is 1. The number of nitrogens with one attached hydrogen (secondary N) is 1. The summed E-state index contributed by atoms with van der Waals surface area (Å²) in [4.78, 5) is 0. The maximum atomic E-state index is 11.8. The van der Waals surface area contributed by atoms with Crippen molar-refractivity contribution >= 4 is 10.0 Å². The Bertz CT molecular complexity index is 266. The van der Waals surface area contributed by atoms with Crippen LogP contribution in [-0.4, -0.2) is 20.0 Å². The third-order valence-electron chi connectivity index (χ3n) is 1.98. The molecular formula is C6H10F3NO2S. The molecule has 1 rings (SSSR count). The van der Waals surface area contributed by atoms with Crippen molar-refractivity contribution in [3.63, 3.8) is 0 Å². The highest BCUT2D eigenvalue weighted by molar-refractivity contribution is 7.90. The minimum atomic E-state index is -5.18. The first-order valence-electron chi connectivity index (χ1n) is 3.91. The van der Waals surface area contributed by atoms with E-state index in [1.165, 1.54) is 0 Å². The van der Waals surface area contributed by atoms with Crippen molar-refractivity contribution in [2.24, 2.45) is 0 Å². The summed E-state index contributed by atoms with van der Waals surface area (Å²) in [6.45, 7) is 0. The fourth-order valence-electron chi connectivity index (χ4n) is 1.33. The fraction of sp³-hybridized carbons (Fsp3) is 1.00. The van der Waals surface area contributed by atoms with E-state index >= 15 is 0 Å². The Morgan fingerprint density at radius 2 is 1.62 bits per heavy atom. The van der Waals surface area contributed by atoms with Crippen LogP contribution >= 0.6 is 0 Å². The molecule has 0 heterocycles. The molecule has 0 aromatic rings. The zero-order chi connectivity index (χ0) is 10.1. The van der Waals surface area contributed by atoms with Gasteiger partial charge < -0.3 is 0 Å². The molecule has 3 nitrogen and oxygen atoms in total. The standard InChI is InChI=1S/C6H10F3NO2S/c7-6(8,9)13(11,12)10-5-3-1-2-4-5/h5,10H,1-4H2. The van der Waals surface area contributed by atoms with Gasteiger partial charge in [-0.2, -0.15) is 13.2 Å². The summed E-state index contributed by atoms with van der Waals surface area (Å²) in [6, 6.07) is -0.536. The molecule has 1 fully saturated rings. The van der Waals surface area contributed by atoms with Gasteiger partial charge in [-0.3, -0.25) is 0 Å². The molecule has 1 aliphatic rings. The van der Waals surface area contributed by atoms with Crippen LogP contribution in [0.25, 0.3) is 0 Å². The minimum Gasteiger partial charge on any atom is -0.204 e. The smallest absolute Gasteiger partial charge is 0.204 e. The van der Waals surface area contributed by atoms with Gasteiger partial charge in [-0.1, -0.05) is 12.8 Å². The summed E-state index contributed by atoms with van der Waals surface area (Å²) in [5.41, 5.74) is -5.18. The Labute approximate surface area is 74.4 Å². The van der Waals surface area contributed by atoms with Gasteiger partial charge in [-0.25, -0.2) is 13.1 Å². The van der Waals surface area contributed by atoms with Crippen molar-refractivity contribution in [2.45, 2.75) is 37.2 Å². The Hall–Kier alpha value is -0.300. The van der Waals surface area contributed by atoms with Crippen molar-refractivity contribution in [2.75, 3.05) is 0 Å². The van der Waals surface area contributed by atoms with Crippen LogP contribution in [-0.2, 0) is 10.0 Å². The highest BCUT2D eigenvalue weighted by Crippen LogP contribution is 2.25. The Balaban J connectivity index is 2.62. The lowest BCUT2D eigenvalue weighted by Crippen LogP contribution is -2.41. The highest BCUT2D eigenvalue weighted by atomic mass is 32.2. The second-order valence-corrected chi connectivity index (χ2v) is 4.75. The van der Waals surface area contributed by atoms with Crippen LogP contribution in [0.5, 0.6) is 0 Å². The monoisotopic (exact) mass is 217 g/mol.